The Kier molecular flexibility index (Phi) is 26.6. The van der Waals surface area contributed by atoms with Gasteiger partial charge in [-0.3, -0.25) is 0 Å². The quantitative estimate of drug-likeness (QED) is 0.468. The Morgan fingerprint density at radius 1 is 0.842 bits per heavy atom. The third-order valence-electron chi connectivity index (χ3n) is 1.53. The first-order valence-electron chi connectivity index (χ1n) is 6.87. The van der Waals surface area contributed by atoms with Crippen LogP contribution in [0.5, 0.6) is 0 Å². The molecule has 0 spiro atoms. The van der Waals surface area contributed by atoms with Gasteiger partial charge in [-0.2, -0.15) is 0 Å². The van der Waals surface area contributed by atoms with Crippen LogP contribution in [0.1, 0.15) is 41.5 Å². The van der Waals surface area contributed by atoms with Crippen LogP contribution in [0, 0.1) is 0 Å². The third-order valence-corrected chi connectivity index (χ3v) is 2.65. The summed E-state index contributed by atoms with van der Waals surface area (Å²) >= 11 is 1.71. The van der Waals surface area contributed by atoms with Gasteiger partial charge in [-0.05, 0) is 26.0 Å². The lowest BCUT2D eigenvalue weighted by Gasteiger charge is -2.01. The predicted molar refractivity (Wildman–Crippen MR) is 96.5 cm³/mol. The normalized spacial score (nSPS) is 11.5. The molecule has 0 aromatic heterocycles. The Morgan fingerprint density at radius 2 is 1.42 bits per heavy atom. The van der Waals surface area contributed by atoms with Crippen molar-refractivity contribution in [2.24, 2.45) is 0 Å². The van der Waals surface area contributed by atoms with E-state index in [9.17, 15) is 0 Å². The van der Waals surface area contributed by atoms with Crippen LogP contribution in [-0.4, -0.2) is 0 Å². The van der Waals surface area contributed by atoms with Gasteiger partial charge >= 0.3 is 0 Å². The zero-order valence-corrected chi connectivity index (χ0v) is 14.3. The maximum atomic E-state index is 3.70. The van der Waals surface area contributed by atoms with E-state index < -0.39 is 0 Å². The molecule has 0 fully saturated rings. The minimum atomic E-state index is 1.18. The molecular weight excluding hydrogens is 248 g/mol. The average Bonchev–Trinajstić information content (AvgIpc) is 2.48. The number of hydrogen-bond acceptors (Lipinski definition) is 1. The first-order valence-corrected chi connectivity index (χ1v) is 7.68. The van der Waals surface area contributed by atoms with Crippen molar-refractivity contribution in [2.45, 2.75) is 41.5 Å². The number of allylic oxidation sites excluding steroid dienone is 8. The summed E-state index contributed by atoms with van der Waals surface area (Å²) in [6.45, 7) is 19.4. The monoisotopic (exact) mass is 278 g/mol. The lowest BCUT2D eigenvalue weighted by molar-refractivity contribution is 1.50. The van der Waals surface area contributed by atoms with Crippen molar-refractivity contribution in [1.29, 1.82) is 0 Å². The molecule has 0 aliphatic carbocycles. The molecule has 0 aromatic carbocycles. The van der Waals surface area contributed by atoms with Gasteiger partial charge in [0.1, 0.15) is 0 Å². The summed E-state index contributed by atoms with van der Waals surface area (Å²) in [6.07, 6.45) is 15.7. The summed E-state index contributed by atoms with van der Waals surface area (Å²) < 4.78 is 0. The summed E-state index contributed by atoms with van der Waals surface area (Å²) in [6, 6.07) is 0. The summed E-state index contributed by atoms with van der Waals surface area (Å²) in [5, 5.41) is 0. The van der Waals surface area contributed by atoms with Crippen LogP contribution in [0.4, 0.5) is 0 Å². The average molecular weight is 279 g/mol. The molecule has 0 bridgehead atoms. The van der Waals surface area contributed by atoms with Crippen LogP contribution in [0.25, 0.3) is 0 Å². The molecule has 0 amide bonds. The first kappa shape index (κ1) is 22.9. The molecule has 0 aromatic rings. The maximum Gasteiger partial charge on any atom is 0.0118 e. The molecule has 0 unspecified atom stereocenters. The summed E-state index contributed by atoms with van der Waals surface area (Å²) in [5.41, 5.74) is 0. The van der Waals surface area contributed by atoms with E-state index in [0.717, 1.165) is 0 Å². The second-order valence-corrected chi connectivity index (χ2v) is 3.84. The van der Waals surface area contributed by atoms with Crippen molar-refractivity contribution in [3.8, 4) is 0 Å². The van der Waals surface area contributed by atoms with Gasteiger partial charge in [-0.1, -0.05) is 89.1 Å². The Labute approximate surface area is 125 Å². The molecule has 0 aliphatic heterocycles. The fourth-order valence-electron chi connectivity index (χ4n) is 0.892. The number of thioether (sulfide) groups is 1. The van der Waals surface area contributed by atoms with Crippen molar-refractivity contribution in [3.05, 3.63) is 71.6 Å². The highest BCUT2D eigenvalue weighted by Gasteiger charge is 1.95. The Balaban J connectivity index is -0.000000579. The highest BCUT2D eigenvalue weighted by Crippen LogP contribution is 2.27. The summed E-state index contributed by atoms with van der Waals surface area (Å²) in [5.74, 6) is 0. The molecule has 1 heteroatoms. The van der Waals surface area contributed by atoms with Gasteiger partial charge in [0, 0.05) is 9.81 Å². The van der Waals surface area contributed by atoms with Crippen molar-refractivity contribution in [2.75, 3.05) is 0 Å². The van der Waals surface area contributed by atoms with E-state index in [0.29, 0.717) is 0 Å². The van der Waals surface area contributed by atoms with Crippen LogP contribution < -0.4 is 0 Å². The molecule has 19 heavy (non-hydrogen) atoms. The molecule has 0 rings (SSSR count). The third kappa shape index (κ3) is 16.8. The predicted octanol–water partition coefficient (Wildman–Crippen LogP) is 7.06. The van der Waals surface area contributed by atoms with E-state index in [1.54, 1.807) is 23.9 Å². The number of hydrogen-bond donors (Lipinski definition) is 0. The van der Waals surface area contributed by atoms with Crippen LogP contribution >= 0.6 is 11.8 Å². The smallest absolute Gasteiger partial charge is 0.0118 e. The summed E-state index contributed by atoms with van der Waals surface area (Å²) in [4.78, 5) is 2.37. The van der Waals surface area contributed by atoms with Crippen LogP contribution in [0.15, 0.2) is 71.6 Å². The van der Waals surface area contributed by atoms with Gasteiger partial charge in [-0.25, -0.2) is 0 Å². The van der Waals surface area contributed by atoms with Gasteiger partial charge in [0.25, 0.3) is 0 Å². The minimum absolute atomic E-state index is 1.18. The van der Waals surface area contributed by atoms with Gasteiger partial charge in [0.15, 0.2) is 0 Å². The first-order chi connectivity index (χ1) is 9.28. The van der Waals surface area contributed by atoms with Crippen molar-refractivity contribution in [1.82, 2.24) is 0 Å². The molecule has 0 nitrogen and oxygen atoms in total. The van der Waals surface area contributed by atoms with E-state index in [-0.39, 0.29) is 0 Å². The van der Waals surface area contributed by atoms with Crippen molar-refractivity contribution < 1.29 is 0 Å². The molecule has 108 valence electrons. The minimum Gasteiger partial charge on any atom is -0.0991 e. The largest absolute Gasteiger partial charge is 0.0991 e. The van der Waals surface area contributed by atoms with E-state index in [2.05, 4.69) is 25.3 Å². The fraction of sp³-hybridized carbons (Fsp3) is 0.333. The van der Waals surface area contributed by atoms with Crippen LogP contribution in [0.2, 0.25) is 0 Å². The fourth-order valence-corrected chi connectivity index (χ4v) is 1.80. The second-order valence-electron chi connectivity index (χ2n) is 2.69. The van der Waals surface area contributed by atoms with E-state index in [1.807, 2.05) is 65.8 Å². The summed E-state index contributed by atoms with van der Waals surface area (Å²) in [7, 11) is 0. The lowest BCUT2D eigenvalue weighted by Crippen LogP contribution is -1.73. The van der Waals surface area contributed by atoms with Gasteiger partial charge < -0.3 is 0 Å². The van der Waals surface area contributed by atoms with Gasteiger partial charge in [0.2, 0.25) is 0 Å². The molecule has 0 N–H and O–H groups in total. The Morgan fingerprint density at radius 3 is 1.79 bits per heavy atom. The van der Waals surface area contributed by atoms with E-state index >= 15 is 0 Å². The zero-order chi connectivity index (χ0) is 15.5. The Bertz CT molecular complexity index is 315. The Hall–Kier alpha value is -1.21. The lowest BCUT2D eigenvalue weighted by atomic mass is 10.4. The SMILES string of the molecule is C=C/C=C\C(=C/C)SC(/C=C\C)=C/C=C.CC.CC. The molecule has 0 saturated heterocycles. The highest BCUT2D eigenvalue weighted by molar-refractivity contribution is 8.07. The highest BCUT2D eigenvalue weighted by atomic mass is 32.2. The molecular formula is C18H30S. The molecule has 0 atom stereocenters. The van der Waals surface area contributed by atoms with Gasteiger partial charge in [0.05, 0.1) is 0 Å². The van der Waals surface area contributed by atoms with Crippen molar-refractivity contribution in [3.63, 3.8) is 0 Å². The maximum absolute atomic E-state index is 3.70. The van der Waals surface area contributed by atoms with Crippen LogP contribution in [-0.2, 0) is 0 Å². The van der Waals surface area contributed by atoms with E-state index in [1.165, 1.54) is 9.81 Å². The zero-order valence-electron chi connectivity index (χ0n) is 13.4. The molecule has 0 aliphatic rings. The molecule has 0 heterocycles. The van der Waals surface area contributed by atoms with E-state index in [4.69, 9.17) is 0 Å². The second kappa shape index (κ2) is 22.0. The molecule has 0 saturated carbocycles. The topological polar surface area (TPSA) is 0 Å². The number of rotatable bonds is 6. The van der Waals surface area contributed by atoms with Crippen molar-refractivity contribution >= 4 is 11.8 Å². The molecule has 0 radical (unpaired) electrons. The van der Waals surface area contributed by atoms with Crippen LogP contribution in [0.3, 0.4) is 0 Å². The standard InChI is InChI=1S/C14H18S.2C2H6/c1-5-9-12-13(8-4)15-14(10-6-2)11-7-3;2*1-2/h5-12H,1-2H2,3-4H3;2*1-2H3/b11-7-,12-9-,13-8+,14-10+;;. The van der Waals surface area contributed by atoms with Gasteiger partial charge in [-0.15, -0.1) is 0 Å².